The maximum Gasteiger partial charge on any atom is 0.490 e. The topological polar surface area (TPSA) is 190 Å². The lowest BCUT2D eigenvalue weighted by Gasteiger charge is -2.39. The van der Waals surface area contributed by atoms with Gasteiger partial charge in [0, 0.05) is 18.6 Å². The molecule has 0 aliphatic carbocycles. The summed E-state index contributed by atoms with van der Waals surface area (Å²) >= 11 is 1.12. The summed E-state index contributed by atoms with van der Waals surface area (Å²) in [6.07, 6.45) is -3.52. The second-order valence-corrected chi connectivity index (χ2v) is 9.76. The van der Waals surface area contributed by atoms with Crippen LogP contribution >= 0.6 is 11.8 Å². The highest BCUT2D eigenvalue weighted by atomic mass is 32.2. The van der Waals surface area contributed by atoms with E-state index in [0.717, 1.165) is 11.8 Å². The van der Waals surface area contributed by atoms with Crippen LogP contribution < -0.4 is 16.4 Å². The number of aliphatic hydroxyl groups is 1. The van der Waals surface area contributed by atoms with Crippen LogP contribution in [0.4, 0.5) is 19.0 Å². The van der Waals surface area contributed by atoms with Crippen LogP contribution in [0.25, 0.3) is 0 Å². The number of benzene rings is 1. The molecule has 1 aromatic carbocycles. The van der Waals surface area contributed by atoms with Gasteiger partial charge in [-0.2, -0.15) is 23.7 Å². The first-order valence-corrected chi connectivity index (χ1v) is 12.5. The molecule has 0 saturated carbocycles. The zero-order valence-corrected chi connectivity index (χ0v) is 21.7. The number of nitrogens with two attached hydrogens (primary N) is 2. The number of alkyl halides is 3. The van der Waals surface area contributed by atoms with Gasteiger partial charge in [-0.15, -0.1) is 0 Å². The summed E-state index contributed by atoms with van der Waals surface area (Å²) in [5, 5.41) is 36.1. The van der Waals surface area contributed by atoms with Gasteiger partial charge in [0.2, 0.25) is 5.91 Å². The minimum Gasteiger partial charge on any atom is -0.475 e. The van der Waals surface area contributed by atoms with E-state index in [1.807, 2.05) is 30.0 Å². The predicted octanol–water partition coefficient (Wildman–Crippen LogP) is 2.63. The molecule has 1 aliphatic rings. The number of piperidine rings is 1. The fourth-order valence-electron chi connectivity index (χ4n) is 3.85. The minimum absolute atomic E-state index is 0.106. The van der Waals surface area contributed by atoms with Crippen LogP contribution in [0.2, 0.25) is 0 Å². The van der Waals surface area contributed by atoms with E-state index in [9.17, 15) is 33.6 Å². The van der Waals surface area contributed by atoms with Gasteiger partial charge in [-0.25, -0.2) is 9.78 Å². The number of primary amides is 1. The number of hydrogen-bond acceptors (Lipinski definition) is 9. The highest BCUT2D eigenvalue weighted by Gasteiger charge is 2.38. The van der Waals surface area contributed by atoms with Gasteiger partial charge in [-0.3, -0.25) is 4.79 Å². The van der Waals surface area contributed by atoms with Crippen molar-refractivity contribution in [1.29, 1.82) is 10.5 Å². The van der Waals surface area contributed by atoms with Gasteiger partial charge in [0.25, 0.3) is 0 Å². The molecule has 1 aromatic heterocycles. The van der Waals surface area contributed by atoms with Gasteiger partial charge < -0.3 is 26.6 Å². The SMILES string of the molecule is CCc1c(C#N)c(SC(C(N)=O)c2ccccc2)nc(N2CCC(N)(CO)CC2)c1C#N.O=C(O)C(F)(F)F. The lowest BCUT2D eigenvalue weighted by molar-refractivity contribution is -0.192. The lowest BCUT2D eigenvalue weighted by Crippen LogP contribution is -2.53. The van der Waals surface area contributed by atoms with Gasteiger partial charge in [0.15, 0.2) is 0 Å². The smallest absolute Gasteiger partial charge is 0.475 e. The van der Waals surface area contributed by atoms with E-state index < -0.39 is 28.8 Å². The van der Waals surface area contributed by atoms with E-state index >= 15 is 0 Å². The maximum atomic E-state index is 12.3. The molecule has 6 N–H and O–H groups in total. The molecule has 208 valence electrons. The molecule has 3 rings (SSSR count). The highest BCUT2D eigenvalue weighted by molar-refractivity contribution is 8.00. The van der Waals surface area contributed by atoms with E-state index in [-0.39, 0.29) is 6.61 Å². The second kappa shape index (κ2) is 13.3. The Hall–Kier alpha value is -3.85. The van der Waals surface area contributed by atoms with Crippen molar-refractivity contribution in [3.05, 3.63) is 52.6 Å². The normalized spacial score (nSPS) is 15.2. The summed E-state index contributed by atoms with van der Waals surface area (Å²) in [4.78, 5) is 27.8. The molecule has 1 fully saturated rings. The first kappa shape index (κ1) is 31.4. The van der Waals surface area contributed by atoms with Crippen LogP contribution in [-0.4, -0.2) is 58.5 Å². The van der Waals surface area contributed by atoms with Gasteiger partial charge >= 0.3 is 12.1 Å². The van der Waals surface area contributed by atoms with E-state index in [4.69, 9.17) is 26.4 Å². The summed E-state index contributed by atoms with van der Waals surface area (Å²) < 4.78 is 31.7. The Kier molecular flexibility index (Phi) is 10.7. The number of halogens is 3. The number of pyridine rings is 1. The first-order chi connectivity index (χ1) is 18.3. The molecule has 0 radical (unpaired) electrons. The number of aliphatic hydroxyl groups excluding tert-OH is 1. The molecule has 2 aromatic rings. The van der Waals surface area contributed by atoms with Crippen LogP contribution in [-0.2, 0) is 16.0 Å². The van der Waals surface area contributed by atoms with Crippen molar-refractivity contribution in [1.82, 2.24) is 4.98 Å². The molecule has 14 heteroatoms. The molecule has 2 heterocycles. The Balaban J connectivity index is 0.000000673. The summed E-state index contributed by atoms with van der Waals surface area (Å²) in [7, 11) is 0. The zero-order chi connectivity index (χ0) is 29.4. The Morgan fingerprint density at radius 2 is 1.72 bits per heavy atom. The number of nitriles is 2. The Morgan fingerprint density at radius 1 is 1.18 bits per heavy atom. The van der Waals surface area contributed by atoms with Crippen LogP contribution in [0.1, 0.15) is 47.3 Å². The minimum atomic E-state index is -5.08. The van der Waals surface area contributed by atoms with Crippen LogP contribution in [0.15, 0.2) is 35.4 Å². The van der Waals surface area contributed by atoms with Crippen molar-refractivity contribution in [2.75, 3.05) is 24.6 Å². The van der Waals surface area contributed by atoms with Gasteiger partial charge in [-0.05, 0) is 30.4 Å². The molecule has 10 nitrogen and oxygen atoms in total. The number of aromatic nitrogens is 1. The summed E-state index contributed by atoms with van der Waals surface area (Å²) in [5.41, 5.74) is 13.2. The van der Waals surface area contributed by atoms with Crippen molar-refractivity contribution in [3.8, 4) is 12.1 Å². The van der Waals surface area contributed by atoms with Crippen molar-refractivity contribution in [2.24, 2.45) is 11.5 Å². The molecule has 1 amide bonds. The molecule has 1 saturated heterocycles. The Labute approximate surface area is 227 Å². The molecule has 0 spiro atoms. The number of carbonyl (C=O) groups excluding carboxylic acids is 1. The van der Waals surface area contributed by atoms with E-state index in [0.29, 0.717) is 65.4 Å². The predicted molar refractivity (Wildman–Crippen MR) is 136 cm³/mol. The number of rotatable bonds is 7. The van der Waals surface area contributed by atoms with Gasteiger partial charge in [0.05, 0.1) is 17.7 Å². The van der Waals surface area contributed by atoms with Crippen molar-refractivity contribution >= 4 is 29.5 Å². The van der Waals surface area contributed by atoms with Gasteiger partial charge in [-0.1, -0.05) is 49.0 Å². The molecular formula is C25H27F3N6O4S. The van der Waals surface area contributed by atoms with Crippen molar-refractivity contribution < 1.29 is 33.0 Å². The van der Waals surface area contributed by atoms with Gasteiger partial charge in [0.1, 0.15) is 28.2 Å². The Bertz CT molecular complexity index is 1270. The molecule has 1 unspecified atom stereocenters. The maximum absolute atomic E-state index is 12.3. The second-order valence-electron chi connectivity index (χ2n) is 8.67. The third-order valence-corrected chi connectivity index (χ3v) is 7.29. The van der Waals surface area contributed by atoms with E-state index in [1.165, 1.54) is 0 Å². The number of aliphatic carboxylic acids is 1. The molecule has 1 atom stereocenters. The molecule has 0 bridgehead atoms. The van der Waals surface area contributed by atoms with Crippen LogP contribution in [0, 0.1) is 22.7 Å². The highest BCUT2D eigenvalue weighted by Crippen LogP contribution is 2.40. The number of carbonyl (C=O) groups is 2. The molecule has 1 aliphatic heterocycles. The number of thioether (sulfide) groups is 1. The fraction of sp³-hybridized carbons (Fsp3) is 0.400. The van der Waals surface area contributed by atoms with Crippen molar-refractivity contribution in [2.45, 2.75) is 48.2 Å². The average molecular weight is 565 g/mol. The molecule has 39 heavy (non-hydrogen) atoms. The van der Waals surface area contributed by atoms with Crippen LogP contribution in [0.5, 0.6) is 0 Å². The number of hydrogen-bond donors (Lipinski definition) is 4. The molecular weight excluding hydrogens is 537 g/mol. The number of nitrogens with zero attached hydrogens (tertiary/aromatic N) is 4. The monoisotopic (exact) mass is 564 g/mol. The largest absolute Gasteiger partial charge is 0.490 e. The first-order valence-electron chi connectivity index (χ1n) is 11.6. The van der Waals surface area contributed by atoms with Crippen LogP contribution in [0.3, 0.4) is 0 Å². The summed E-state index contributed by atoms with van der Waals surface area (Å²) in [5.74, 6) is -2.82. The average Bonchev–Trinajstić information content (AvgIpc) is 2.91. The lowest BCUT2D eigenvalue weighted by atomic mass is 9.89. The third-order valence-electron chi connectivity index (χ3n) is 6.03. The Morgan fingerprint density at radius 3 is 2.13 bits per heavy atom. The van der Waals surface area contributed by atoms with E-state index in [1.54, 1.807) is 12.1 Å². The number of anilines is 1. The van der Waals surface area contributed by atoms with Crippen molar-refractivity contribution in [3.63, 3.8) is 0 Å². The van der Waals surface area contributed by atoms with E-state index in [2.05, 4.69) is 12.1 Å². The standard InChI is InChI=1S/C23H26N6O2S.C2HF3O2/c1-2-16-17(12-24)21(29-10-8-23(27,14-30)9-11-29)28-22(18(16)13-25)32-19(20(26)31)15-6-4-3-5-7-15;3-2(4,5)1(6)7/h3-7,19,30H,2,8-11,14,27H2,1H3,(H2,26,31);(H,6,7). The fourth-order valence-corrected chi connectivity index (χ4v) is 4.91. The summed E-state index contributed by atoms with van der Waals surface area (Å²) in [6.45, 7) is 2.82. The zero-order valence-electron chi connectivity index (χ0n) is 20.9. The number of carboxylic acid groups (broad SMARTS) is 1. The third kappa shape index (κ3) is 7.83. The number of amides is 1. The quantitative estimate of drug-likeness (QED) is 0.364. The number of carboxylic acids is 1. The summed E-state index contributed by atoms with van der Waals surface area (Å²) in [6, 6.07) is 13.5.